The van der Waals surface area contributed by atoms with E-state index in [0.29, 0.717) is 6.42 Å². The minimum atomic E-state index is -0.678. The second kappa shape index (κ2) is 20.0. The van der Waals surface area contributed by atoms with Crippen LogP contribution in [0.15, 0.2) is 0 Å². The van der Waals surface area contributed by atoms with Crippen LogP contribution in [0.4, 0.5) is 0 Å². The molecule has 1 unspecified atom stereocenters. The molecule has 0 saturated carbocycles. The van der Waals surface area contributed by atoms with Crippen LogP contribution in [0, 0.1) is 0 Å². The van der Waals surface area contributed by atoms with Crippen molar-refractivity contribution in [3.05, 3.63) is 0 Å². The molecule has 2 N–H and O–H groups in total. The Hall–Kier alpha value is 0.911. The molecule has 3 nitrogen and oxygen atoms in total. The minimum absolute atomic E-state index is 0. The van der Waals surface area contributed by atoms with Crippen molar-refractivity contribution in [2.75, 3.05) is 0 Å². The Morgan fingerprint density at radius 3 is 1.64 bits per heavy atom. The molecule has 0 aliphatic carbocycles. The summed E-state index contributed by atoms with van der Waals surface area (Å²) in [6.45, 7) is 2.21. The molecule has 0 rings (SSSR count). The molecular weight excluding hydrogens is 352 g/mol. The number of rotatable bonds is 16. The first-order valence-corrected chi connectivity index (χ1v) is 9.06. The van der Waals surface area contributed by atoms with Gasteiger partial charge in [0.25, 0.3) is 0 Å². The van der Waals surface area contributed by atoms with Gasteiger partial charge in [0.05, 0.1) is 6.10 Å². The largest absolute Gasteiger partial charge is 0.481 e. The Kier molecular flexibility index (Phi) is 22.8. The number of carboxylic acids is 1. The number of aliphatic carboxylic acids is 1. The molecule has 0 bridgehead atoms. The predicted molar refractivity (Wildman–Crippen MR) is 94.3 cm³/mol. The van der Waals surface area contributed by atoms with Crippen molar-refractivity contribution >= 4 is 51.5 Å². The Morgan fingerprint density at radius 2 is 1.18 bits per heavy atom. The summed E-state index contributed by atoms with van der Waals surface area (Å²) in [5.41, 5.74) is 0. The molecule has 0 aliphatic rings. The number of aliphatic hydroxyl groups is 1. The van der Waals surface area contributed by atoms with E-state index in [4.69, 9.17) is 5.11 Å². The van der Waals surface area contributed by atoms with E-state index in [1.54, 1.807) is 0 Å². The maximum Gasteiger partial charge on any atom is 0.303 e. The van der Waals surface area contributed by atoms with Gasteiger partial charge in [-0.25, -0.2) is 0 Å². The quantitative estimate of drug-likeness (QED) is 0.292. The van der Waals surface area contributed by atoms with Gasteiger partial charge >= 0.3 is 5.97 Å². The van der Waals surface area contributed by atoms with Gasteiger partial charge in [0.2, 0.25) is 0 Å². The van der Waals surface area contributed by atoms with Crippen LogP contribution in [0.5, 0.6) is 0 Å². The summed E-state index contributed by atoms with van der Waals surface area (Å²) in [6, 6.07) is 0. The maximum absolute atomic E-state index is 10.3. The van der Waals surface area contributed by atoms with E-state index < -0.39 is 5.97 Å². The van der Waals surface area contributed by atoms with Gasteiger partial charge in [-0.1, -0.05) is 77.6 Å². The normalized spacial score (nSPS) is 11.9. The van der Waals surface area contributed by atoms with Gasteiger partial charge in [0.15, 0.2) is 0 Å². The maximum atomic E-state index is 10.3. The van der Waals surface area contributed by atoms with Gasteiger partial charge < -0.3 is 10.2 Å². The fourth-order valence-electron chi connectivity index (χ4n) is 2.67. The summed E-state index contributed by atoms with van der Waals surface area (Å²) in [5, 5.41) is 18.4. The third-order valence-electron chi connectivity index (χ3n) is 4.07. The summed E-state index contributed by atoms with van der Waals surface area (Å²) in [6.07, 6.45) is 16.3. The molecule has 0 fully saturated rings. The number of carboxylic acid groups (broad SMARTS) is 1. The number of hydrogen-bond acceptors (Lipinski definition) is 2. The van der Waals surface area contributed by atoms with Crippen LogP contribution in [-0.4, -0.2) is 67.8 Å². The van der Waals surface area contributed by atoms with Gasteiger partial charge in [0.1, 0.15) is 0 Å². The zero-order valence-electron chi connectivity index (χ0n) is 14.7. The van der Waals surface area contributed by atoms with Gasteiger partial charge in [-0.05, 0) is 19.3 Å². The molecule has 0 aromatic carbocycles. The Morgan fingerprint density at radius 1 is 0.773 bits per heavy atom. The molecule has 2 radical (unpaired) electrons. The molecule has 0 spiro atoms. The zero-order valence-corrected chi connectivity index (χ0v) is 18.2. The van der Waals surface area contributed by atoms with Crippen molar-refractivity contribution in [3.8, 4) is 0 Å². The molecule has 128 valence electrons. The standard InChI is InChI=1S/C18H36O3.Sr/c1-2-3-4-11-14-17(19)15-12-9-7-5-6-8-10-13-16-18(20)21;/h17,19H,2-16H2,1H3,(H,20,21);. The van der Waals surface area contributed by atoms with Crippen molar-refractivity contribution < 1.29 is 15.0 Å². The van der Waals surface area contributed by atoms with E-state index in [1.165, 1.54) is 51.4 Å². The summed E-state index contributed by atoms with van der Waals surface area (Å²) in [4.78, 5) is 10.3. The van der Waals surface area contributed by atoms with E-state index in [9.17, 15) is 9.90 Å². The van der Waals surface area contributed by atoms with Gasteiger partial charge in [-0.15, -0.1) is 0 Å². The fraction of sp³-hybridized carbons (Fsp3) is 0.944. The summed E-state index contributed by atoms with van der Waals surface area (Å²) in [7, 11) is 0. The first-order chi connectivity index (χ1) is 10.2. The Balaban J connectivity index is 0. The molecular formula is C18H36O3Sr. The van der Waals surface area contributed by atoms with Crippen LogP contribution in [0.3, 0.4) is 0 Å². The topological polar surface area (TPSA) is 57.5 Å². The van der Waals surface area contributed by atoms with Crippen LogP contribution < -0.4 is 0 Å². The van der Waals surface area contributed by atoms with E-state index in [0.717, 1.165) is 38.5 Å². The van der Waals surface area contributed by atoms with E-state index in [1.807, 2.05) is 0 Å². The molecule has 22 heavy (non-hydrogen) atoms. The number of hydrogen-bond donors (Lipinski definition) is 2. The first-order valence-electron chi connectivity index (χ1n) is 9.06. The fourth-order valence-corrected chi connectivity index (χ4v) is 2.67. The van der Waals surface area contributed by atoms with Gasteiger partial charge in [-0.3, -0.25) is 4.79 Å². The number of unbranched alkanes of at least 4 members (excludes halogenated alkanes) is 10. The van der Waals surface area contributed by atoms with Crippen molar-refractivity contribution in [3.63, 3.8) is 0 Å². The van der Waals surface area contributed by atoms with Crippen LogP contribution >= 0.6 is 0 Å². The van der Waals surface area contributed by atoms with E-state index in [-0.39, 0.29) is 51.6 Å². The predicted octanol–water partition coefficient (Wildman–Crippen LogP) is 4.92. The number of carbonyl (C=O) groups is 1. The molecule has 4 heteroatoms. The summed E-state index contributed by atoms with van der Waals surface area (Å²) < 4.78 is 0. The SMILES string of the molecule is CCCCCCC(O)CCCCCCCCCCC(=O)O.[Sr]. The third kappa shape index (κ3) is 20.9. The van der Waals surface area contributed by atoms with Crippen LogP contribution in [0.1, 0.15) is 103 Å². The molecule has 0 saturated heterocycles. The molecule has 0 amide bonds. The smallest absolute Gasteiger partial charge is 0.303 e. The van der Waals surface area contributed by atoms with Gasteiger partial charge in [0, 0.05) is 51.9 Å². The first kappa shape index (κ1) is 25.2. The van der Waals surface area contributed by atoms with Crippen LogP contribution in [-0.2, 0) is 4.79 Å². The zero-order chi connectivity index (χ0) is 15.8. The molecule has 0 aliphatic heterocycles. The van der Waals surface area contributed by atoms with Gasteiger partial charge in [-0.2, -0.15) is 0 Å². The molecule has 1 atom stereocenters. The molecule has 0 aromatic rings. The summed E-state index contributed by atoms with van der Waals surface area (Å²) >= 11 is 0. The minimum Gasteiger partial charge on any atom is -0.481 e. The second-order valence-electron chi connectivity index (χ2n) is 6.26. The molecule has 0 aromatic heterocycles. The Labute approximate surface area is 174 Å². The molecule has 0 heterocycles. The van der Waals surface area contributed by atoms with Crippen LogP contribution in [0.2, 0.25) is 0 Å². The average Bonchev–Trinajstić information content (AvgIpc) is 2.45. The van der Waals surface area contributed by atoms with Crippen molar-refractivity contribution in [2.24, 2.45) is 0 Å². The monoisotopic (exact) mass is 388 g/mol. The third-order valence-corrected chi connectivity index (χ3v) is 4.07. The van der Waals surface area contributed by atoms with E-state index in [2.05, 4.69) is 6.92 Å². The summed E-state index contributed by atoms with van der Waals surface area (Å²) in [5.74, 6) is -0.678. The van der Waals surface area contributed by atoms with Crippen molar-refractivity contribution in [1.82, 2.24) is 0 Å². The van der Waals surface area contributed by atoms with Crippen LogP contribution in [0.25, 0.3) is 0 Å². The van der Waals surface area contributed by atoms with Crippen molar-refractivity contribution in [1.29, 1.82) is 0 Å². The number of aliphatic hydroxyl groups excluding tert-OH is 1. The second-order valence-corrected chi connectivity index (χ2v) is 6.26. The average molecular weight is 388 g/mol. The Bertz CT molecular complexity index is 234. The van der Waals surface area contributed by atoms with Crippen molar-refractivity contribution in [2.45, 2.75) is 109 Å². The van der Waals surface area contributed by atoms with E-state index >= 15 is 0 Å².